The summed E-state index contributed by atoms with van der Waals surface area (Å²) < 4.78 is 11.4. The van der Waals surface area contributed by atoms with E-state index in [1.165, 1.54) is 5.56 Å². The van der Waals surface area contributed by atoms with Crippen LogP contribution in [-0.2, 0) is 32.8 Å². The molecule has 226 valence electrons. The molecule has 4 aliphatic rings. The molecular formula is C34H40N4O5. The maximum atomic E-state index is 13.1. The van der Waals surface area contributed by atoms with Crippen molar-refractivity contribution in [2.24, 2.45) is 0 Å². The number of nitrogens with zero attached hydrogens (tertiary/aromatic N) is 3. The third-order valence-corrected chi connectivity index (χ3v) is 9.58. The lowest BCUT2D eigenvalue weighted by molar-refractivity contribution is -0.136. The maximum absolute atomic E-state index is 13.1. The highest BCUT2D eigenvalue weighted by Gasteiger charge is 2.42. The van der Waals surface area contributed by atoms with Crippen LogP contribution in [0.5, 0.6) is 5.75 Å². The van der Waals surface area contributed by atoms with Gasteiger partial charge in [-0.25, -0.2) is 6.57 Å². The van der Waals surface area contributed by atoms with E-state index in [0.29, 0.717) is 25.1 Å². The van der Waals surface area contributed by atoms with E-state index in [2.05, 4.69) is 33.3 Å². The largest absolute Gasteiger partial charge is 0.488 e. The molecule has 0 saturated carbocycles. The van der Waals surface area contributed by atoms with Gasteiger partial charge in [-0.1, -0.05) is 18.6 Å². The second-order valence-corrected chi connectivity index (χ2v) is 12.3. The van der Waals surface area contributed by atoms with Gasteiger partial charge in [-0.2, -0.15) is 0 Å². The Kier molecular flexibility index (Phi) is 8.78. The number of piperidine rings is 2. The van der Waals surface area contributed by atoms with Crippen molar-refractivity contribution in [2.45, 2.75) is 82.0 Å². The zero-order chi connectivity index (χ0) is 29.8. The fourth-order valence-electron chi connectivity index (χ4n) is 6.97. The average Bonchev–Trinajstić information content (AvgIpc) is 3.66. The summed E-state index contributed by atoms with van der Waals surface area (Å²) in [5.41, 5.74) is 3.51. The van der Waals surface area contributed by atoms with E-state index in [9.17, 15) is 14.4 Å². The standard InChI is InChI=1S/C34H40N4O5/c1-35-34(25-9-11-26(12-10-25)43-27-15-21-42-23-27)16-19-37(20-17-34)18-4-2-3-6-24-7-5-8-28-29(24)22-38(33(28)41)30-13-14-31(39)36-32(30)40/h5,7-12,27,30H,2-4,6,13-23H2,(H,36,39,40). The number of likely N-dealkylation sites (tertiary alicyclic amines) is 1. The molecule has 0 aromatic heterocycles. The van der Waals surface area contributed by atoms with Crippen LogP contribution in [0.3, 0.4) is 0 Å². The summed E-state index contributed by atoms with van der Waals surface area (Å²) in [6.45, 7) is 12.7. The first-order valence-electron chi connectivity index (χ1n) is 15.7. The van der Waals surface area contributed by atoms with Crippen molar-refractivity contribution in [1.82, 2.24) is 15.1 Å². The van der Waals surface area contributed by atoms with Crippen LogP contribution in [0.25, 0.3) is 4.85 Å². The van der Waals surface area contributed by atoms with Crippen LogP contribution in [0.15, 0.2) is 42.5 Å². The minimum atomic E-state index is -0.581. The molecule has 2 unspecified atom stereocenters. The van der Waals surface area contributed by atoms with Gasteiger partial charge >= 0.3 is 0 Å². The summed E-state index contributed by atoms with van der Waals surface area (Å²) >= 11 is 0. The van der Waals surface area contributed by atoms with Crippen LogP contribution in [0.1, 0.15) is 78.4 Å². The Morgan fingerprint density at radius 2 is 1.84 bits per heavy atom. The van der Waals surface area contributed by atoms with Gasteiger partial charge in [0.1, 0.15) is 17.9 Å². The minimum absolute atomic E-state index is 0.115. The molecule has 0 bridgehead atoms. The molecule has 0 radical (unpaired) electrons. The van der Waals surface area contributed by atoms with Gasteiger partial charge in [0, 0.05) is 56.4 Å². The monoisotopic (exact) mass is 584 g/mol. The molecule has 2 aromatic carbocycles. The number of nitrogens with one attached hydrogen (secondary N) is 1. The molecule has 4 heterocycles. The van der Waals surface area contributed by atoms with E-state index >= 15 is 0 Å². The average molecular weight is 585 g/mol. The van der Waals surface area contributed by atoms with Gasteiger partial charge in [0.2, 0.25) is 11.8 Å². The van der Waals surface area contributed by atoms with Gasteiger partial charge in [-0.15, -0.1) is 0 Å². The molecule has 0 aliphatic carbocycles. The van der Waals surface area contributed by atoms with Gasteiger partial charge < -0.3 is 24.1 Å². The number of imide groups is 1. The molecule has 0 spiro atoms. The number of ether oxygens (including phenoxy) is 2. The van der Waals surface area contributed by atoms with Gasteiger partial charge in [0.05, 0.1) is 13.2 Å². The number of aryl methyl sites for hydroxylation is 1. The zero-order valence-electron chi connectivity index (χ0n) is 24.7. The van der Waals surface area contributed by atoms with Gasteiger partial charge in [-0.05, 0) is 73.7 Å². The number of unbranched alkanes of at least 4 members (excludes halogenated alkanes) is 2. The van der Waals surface area contributed by atoms with Crippen molar-refractivity contribution in [2.75, 3.05) is 32.8 Å². The van der Waals surface area contributed by atoms with Crippen molar-refractivity contribution in [3.63, 3.8) is 0 Å². The number of hydrogen-bond donors (Lipinski definition) is 1. The number of carbonyl (C=O) groups is 3. The molecule has 3 saturated heterocycles. The molecule has 1 N–H and O–H groups in total. The Labute approximate surface area is 253 Å². The Morgan fingerprint density at radius 1 is 1.02 bits per heavy atom. The number of fused-ring (bicyclic) bond motifs is 1. The second-order valence-electron chi connectivity index (χ2n) is 12.3. The molecule has 2 aromatic rings. The number of rotatable bonds is 10. The number of amides is 3. The third-order valence-electron chi connectivity index (χ3n) is 9.58. The van der Waals surface area contributed by atoms with Crippen LogP contribution < -0.4 is 10.1 Å². The van der Waals surface area contributed by atoms with E-state index in [4.69, 9.17) is 16.0 Å². The Morgan fingerprint density at radius 3 is 2.56 bits per heavy atom. The molecule has 3 amide bonds. The van der Waals surface area contributed by atoms with E-state index < -0.39 is 11.6 Å². The summed E-state index contributed by atoms with van der Waals surface area (Å²) in [5.74, 6) is 0.0851. The van der Waals surface area contributed by atoms with Crippen molar-refractivity contribution >= 4 is 17.7 Å². The molecule has 9 heteroatoms. The van der Waals surface area contributed by atoms with Crippen molar-refractivity contribution in [3.05, 3.63) is 76.1 Å². The van der Waals surface area contributed by atoms with Crippen LogP contribution in [0.4, 0.5) is 0 Å². The molecular weight excluding hydrogens is 544 g/mol. The summed E-state index contributed by atoms with van der Waals surface area (Å²) in [7, 11) is 0. The zero-order valence-corrected chi connectivity index (χ0v) is 24.7. The van der Waals surface area contributed by atoms with Gasteiger partial charge in [0.15, 0.2) is 0 Å². The third kappa shape index (κ3) is 6.31. The van der Waals surface area contributed by atoms with E-state index in [1.807, 2.05) is 24.3 Å². The van der Waals surface area contributed by atoms with E-state index in [-0.39, 0.29) is 30.2 Å². The lowest BCUT2D eigenvalue weighted by Gasteiger charge is -2.34. The van der Waals surface area contributed by atoms with Crippen LogP contribution in [0.2, 0.25) is 0 Å². The predicted molar refractivity (Wildman–Crippen MR) is 160 cm³/mol. The summed E-state index contributed by atoms with van der Waals surface area (Å²) in [5, 5.41) is 2.37. The predicted octanol–water partition coefficient (Wildman–Crippen LogP) is 4.24. The number of hydrogen-bond acceptors (Lipinski definition) is 6. The molecule has 2 atom stereocenters. The first kappa shape index (κ1) is 29.3. The smallest absolute Gasteiger partial charge is 0.260 e. The first-order valence-corrected chi connectivity index (χ1v) is 15.7. The highest BCUT2D eigenvalue weighted by molar-refractivity contribution is 6.05. The topological polar surface area (TPSA) is 92.5 Å². The van der Waals surface area contributed by atoms with Gasteiger partial charge in [0.25, 0.3) is 11.4 Å². The number of carbonyl (C=O) groups excluding carboxylic acids is 3. The Bertz CT molecular complexity index is 1390. The fraction of sp³-hybridized carbons (Fsp3) is 0.529. The normalized spacial score (nSPS) is 23.6. The highest BCUT2D eigenvalue weighted by atomic mass is 16.5. The molecule has 9 nitrogen and oxygen atoms in total. The molecule has 43 heavy (non-hydrogen) atoms. The summed E-state index contributed by atoms with van der Waals surface area (Å²) in [6.07, 6.45) is 7.47. The Balaban J connectivity index is 0.948. The van der Waals surface area contributed by atoms with Crippen LogP contribution in [-0.4, -0.2) is 72.5 Å². The SMILES string of the molecule is [C-]#[N+]C1(c2ccc(OC3CCOC3)cc2)CCN(CCCCCc2cccc3c2CN(C2CCC(=O)NC2=O)C3=O)CC1. The van der Waals surface area contributed by atoms with Crippen LogP contribution >= 0.6 is 0 Å². The quantitative estimate of drug-likeness (QED) is 0.255. The lowest BCUT2D eigenvalue weighted by Crippen LogP contribution is -2.52. The van der Waals surface area contributed by atoms with Crippen LogP contribution in [0, 0.1) is 6.57 Å². The minimum Gasteiger partial charge on any atom is -0.488 e. The van der Waals surface area contributed by atoms with Crippen molar-refractivity contribution in [3.8, 4) is 5.75 Å². The van der Waals surface area contributed by atoms with E-state index in [1.54, 1.807) is 4.90 Å². The lowest BCUT2D eigenvalue weighted by atomic mass is 9.81. The summed E-state index contributed by atoms with van der Waals surface area (Å²) in [6, 6.07) is 13.4. The van der Waals surface area contributed by atoms with Crippen molar-refractivity contribution < 1.29 is 23.9 Å². The van der Waals surface area contributed by atoms with Gasteiger partial charge in [-0.3, -0.25) is 19.7 Å². The fourth-order valence-corrected chi connectivity index (χ4v) is 6.97. The molecule has 4 aliphatic heterocycles. The number of benzene rings is 2. The maximum Gasteiger partial charge on any atom is 0.260 e. The van der Waals surface area contributed by atoms with Crippen molar-refractivity contribution in [1.29, 1.82) is 0 Å². The summed E-state index contributed by atoms with van der Waals surface area (Å²) in [4.78, 5) is 45.3. The van der Waals surface area contributed by atoms with E-state index in [0.717, 1.165) is 88.1 Å². The molecule has 6 rings (SSSR count). The highest BCUT2D eigenvalue weighted by Crippen LogP contribution is 2.38. The first-order chi connectivity index (χ1) is 21.0. The second kappa shape index (κ2) is 12.9. The Hall–Kier alpha value is -3.74. The molecule has 3 fully saturated rings.